The molecule has 5 heteroatoms. The lowest BCUT2D eigenvalue weighted by molar-refractivity contribution is -0.134. The maximum absolute atomic E-state index is 14.1. The van der Waals surface area contributed by atoms with Gasteiger partial charge in [0.05, 0.1) is 6.67 Å². The highest BCUT2D eigenvalue weighted by Crippen LogP contribution is 2.46. The molecule has 2 aromatic rings. The van der Waals surface area contributed by atoms with E-state index in [-0.39, 0.29) is 5.54 Å². The van der Waals surface area contributed by atoms with Gasteiger partial charge in [-0.25, -0.2) is 0 Å². The molecule has 37 heavy (non-hydrogen) atoms. The zero-order valence-electron chi connectivity index (χ0n) is 22.6. The van der Waals surface area contributed by atoms with Crippen molar-refractivity contribution < 1.29 is 4.79 Å². The van der Waals surface area contributed by atoms with Crippen molar-refractivity contribution in [3.8, 4) is 0 Å². The second-order valence-electron chi connectivity index (χ2n) is 11.5. The number of piperidine rings is 1. The lowest BCUT2D eigenvalue weighted by atomic mass is 9.77. The van der Waals surface area contributed by atoms with Crippen LogP contribution in [0.3, 0.4) is 0 Å². The smallest absolute Gasteiger partial charge is 0.250 e. The van der Waals surface area contributed by atoms with Crippen LogP contribution in [-0.4, -0.2) is 54.1 Å². The van der Waals surface area contributed by atoms with Crippen LogP contribution in [0, 0.1) is 0 Å². The number of carbonyl (C=O) groups excluding carboxylic acids is 1. The first-order valence-electron chi connectivity index (χ1n) is 14.8. The first-order chi connectivity index (χ1) is 18.2. The zero-order valence-corrected chi connectivity index (χ0v) is 22.6. The molecule has 1 spiro atoms. The molecular weight excluding hydrogens is 456 g/mol. The van der Waals surface area contributed by atoms with Gasteiger partial charge >= 0.3 is 0 Å². The Kier molecular flexibility index (Phi) is 8.51. The topological polar surface area (TPSA) is 52.8 Å². The molecule has 5 nitrogen and oxygen atoms in total. The van der Waals surface area contributed by atoms with E-state index in [4.69, 9.17) is 5.73 Å². The van der Waals surface area contributed by atoms with Gasteiger partial charge in [-0.1, -0.05) is 87.1 Å². The van der Waals surface area contributed by atoms with Gasteiger partial charge in [-0.2, -0.15) is 0 Å². The van der Waals surface area contributed by atoms with Crippen molar-refractivity contribution in [1.82, 2.24) is 9.80 Å². The second-order valence-corrected chi connectivity index (χ2v) is 11.5. The third-order valence-corrected chi connectivity index (χ3v) is 9.40. The van der Waals surface area contributed by atoms with Gasteiger partial charge in [-0.05, 0) is 62.8 Å². The molecule has 0 radical (unpaired) electrons. The number of carbonyl (C=O) groups is 1. The summed E-state index contributed by atoms with van der Waals surface area (Å²) in [6.07, 6.45) is 14.0. The fourth-order valence-corrected chi connectivity index (χ4v) is 7.33. The van der Waals surface area contributed by atoms with Gasteiger partial charge in [-0.15, -0.1) is 0 Å². The minimum atomic E-state index is -0.419. The Morgan fingerprint density at radius 3 is 1.97 bits per heavy atom. The number of unbranched alkanes of at least 4 members (excludes halogenated alkanes) is 3. The molecule has 2 saturated heterocycles. The van der Waals surface area contributed by atoms with Crippen molar-refractivity contribution in [3.05, 3.63) is 66.2 Å². The van der Waals surface area contributed by atoms with Gasteiger partial charge in [-0.3, -0.25) is 9.69 Å². The van der Waals surface area contributed by atoms with Crippen LogP contribution in [0.1, 0.15) is 82.6 Å². The van der Waals surface area contributed by atoms with E-state index >= 15 is 0 Å². The minimum Gasteiger partial charge on any atom is -0.339 e. The zero-order chi connectivity index (χ0) is 25.6. The van der Waals surface area contributed by atoms with Gasteiger partial charge in [0, 0.05) is 30.9 Å². The van der Waals surface area contributed by atoms with E-state index in [1.165, 1.54) is 49.8 Å². The van der Waals surface area contributed by atoms with Crippen LogP contribution in [0.15, 0.2) is 60.7 Å². The second kappa shape index (κ2) is 12.0. The minimum absolute atomic E-state index is 0.112. The van der Waals surface area contributed by atoms with Gasteiger partial charge in [0.1, 0.15) is 5.54 Å². The van der Waals surface area contributed by atoms with E-state index in [2.05, 4.69) is 75.4 Å². The number of hydrogen-bond donors (Lipinski definition) is 1. The fraction of sp³-hybridized carbons (Fsp3) is 0.594. The summed E-state index contributed by atoms with van der Waals surface area (Å²) in [4.78, 5) is 21.5. The predicted octanol–water partition coefficient (Wildman–Crippen LogP) is 5.90. The number of benzene rings is 2. The quantitative estimate of drug-likeness (QED) is 0.343. The highest BCUT2D eigenvalue weighted by atomic mass is 16.2. The monoisotopic (exact) mass is 502 g/mol. The molecule has 5 rings (SSSR count). The van der Waals surface area contributed by atoms with Crippen molar-refractivity contribution in [2.75, 3.05) is 37.7 Å². The van der Waals surface area contributed by atoms with Crippen molar-refractivity contribution >= 4 is 11.6 Å². The molecule has 0 aromatic heterocycles. The van der Waals surface area contributed by atoms with E-state index in [0.29, 0.717) is 12.6 Å². The largest absolute Gasteiger partial charge is 0.339 e. The first-order valence-corrected chi connectivity index (χ1v) is 14.8. The number of rotatable bonds is 9. The Morgan fingerprint density at radius 1 is 0.703 bits per heavy atom. The van der Waals surface area contributed by atoms with Crippen LogP contribution in [0.4, 0.5) is 5.69 Å². The summed E-state index contributed by atoms with van der Waals surface area (Å²) in [5.74, 6) is 0.351. The standard InChI is InChI=1S/C32H46N4O/c33-23-13-3-4-14-24-34-27-36(29-17-9-6-10-18-29)32(30(34)37)21-25-35(26-22-32)31(19-11-1-2-12-20-31)28-15-7-5-8-16-28/h5-10,15-18H,1-4,11-14,19-27,33H2. The molecule has 1 saturated carbocycles. The van der Waals surface area contributed by atoms with Crippen LogP contribution < -0.4 is 10.6 Å². The molecule has 0 atom stereocenters. The Morgan fingerprint density at radius 2 is 1.32 bits per heavy atom. The molecule has 2 heterocycles. The van der Waals surface area contributed by atoms with E-state index in [1.54, 1.807) is 0 Å². The highest BCUT2D eigenvalue weighted by Gasteiger charge is 2.55. The molecule has 0 unspecified atom stereocenters. The third kappa shape index (κ3) is 5.31. The third-order valence-electron chi connectivity index (χ3n) is 9.40. The number of para-hydroxylation sites is 1. The molecule has 3 fully saturated rings. The molecular formula is C32H46N4O. The maximum atomic E-state index is 14.1. The SMILES string of the molecule is NCCCCCCN1CN(c2ccccc2)C2(CCN(C3(c4ccccc4)CCCCCC3)CC2)C1=O. The maximum Gasteiger partial charge on any atom is 0.250 e. The van der Waals surface area contributed by atoms with Crippen molar-refractivity contribution in [1.29, 1.82) is 0 Å². The number of anilines is 1. The average molecular weight is 503 g/mol. The molecule has 1 aliphatic carbocycles. The first kappa shape index (κ1) is 26.2. The van der Waals surface area contributed by atoms with Crippen LogP contribution >= 0.6 is 0 Å². The van der Waals surface area contributed by atoms with E-state index < -0.39 is 5.54 Å². The average Bonchev–Trinajstić information content (AvgIpc) is 3.09. The number of nitrogens with two attached hydrogens (primary N) is 1. The Labute approximate surface area is 224 Å². The summed E-state index contributed by atoms with van der Waals surface area (Å²) in [7, 11) is 0. The number of hydrogen-bond acceptors (Lipinski definition) is 4. The number of amides is 1. The summed E-state index contributed by atoms with van der Waals surface area (Å²) in [6.45, 7) is 4.28. The molecule has 2 aromatic carbocycles. The summed E-state index contributed by atoms with van der Waals surface area (Å²) < 4.78 is 0. The Balaban J connectivity index is 1.37. The number of nitrogens with zero attached hydrogens (tertiary/aromatic N) is 3. The van der Waals surface area contributed by atoms with E-state index in [9.17, 15) is 4.79 Å². The summed E-state index contributed by atoms with van der Waals surface area (Å²) in [5, 5.41) is 0. The molecule has 3 aliphatic rings. The molecule has 2 aliphatic heterocycles. The molecule has 1 amide bonds. The van der Waals surface area contributed by atoms with Crippen molar-refractivity contribution in [2.24, 2.45) is 5.73 Å². The van der Waals surface area contributed by atoms with E-state index in [0.717, 1.165) is 64.7 Å². The molecule has 0 bridgehead atoms. The Bertz CT molecular complexity index is 978. The van der Waals surface area contributed by atoms with Crippen LogP contribution in [0.25, 0.3) is 0 Å². The summed E-state index contributed by atoms with van der Waals surface area (Å²) in [6, 6.07) is 21.9. The van der Waals surface area contributed by atoms with Crippen LogP contribution in [0.5, 0.6) is 0 Å². The van der Waals surface area contributed by atoms with Gasteiger partial charge in [0.15, 0.2) is 0 Å². The van der Waals surface area contributed by atoms with Gasteiger partial charge < -0.3 is 15.5 Å². The lowest BCUT2D eigenvalue weighted by Gasteiger charge is -2.51. The Hall–Kier alpha value is -2.37. The van der Waals surface area contributed by atoms with Crippen molar-refractivity contribution in [3.63, 3.8) is 0 Å². The highest BCUT2D eigenvalue weighted by molar-refractivity contribution is 5.93. The fourth-order valence-electron chi connectivity index (χ4n) is 7.33. The summed E-state index contributed by atoms with van der Waals surface area (Å²) in [5.41, 5.74) is 8.03. The van der Waals surface area contributed by atoms with Crippen LogP contribution in [-0.2, 0) is 10.3 Å². The summed E-state index contributed by atoms with van der Waals surface area (Å²) >= 11 is 0. The number of likely N-dealkylation sites (tertiary alicyclic amines) is 1. The van der Waals surface area contributed by atoms with E-state index in [1.807, 2.05) is 0 Å². The molecule has 200 valence electrons. The predicted molar refractivity (Wildman–Crippen MR) is 152 cm³/mol. The van der Waals surface area contributed by atoms with Gasteiger partial charge in [0.2, 0.25) is 5.91 Å². The van der Waals surface area contributed by atoms with Crippen molar-refractivity contribution in [2.45, 2.75) is 88.1 Å². The normalized spacial score (nSPS) is 21.9. The molecule has 2 N–H and O–H groups in total. The van der Waals surface area contributed by atoms with Gasteiger partial charge in [0.25, 0.3) is 0 Å². The van der Waals surface area contributed by atoms with Crippen LogP contribution in [0.2, 0.25) is 0 Å². The lowest BCUT2D eigenvalue weighted by Crippen LogP contribution is -2.60.